The van der Waals surface area contributed by atoms with Gasteiger partial charge in [0.1, 0.15) is 23.0 Å². The molecule has 1 amide bonds. The number of para-hydroxylation sites is 1. The van der Waals surface area contributed by atoms with E-state index in [1.165, 1.54) is 12.0 Å². The van der Waals surface area contributed by atoms with Crippen molar-refractivity contribution in [3.05, 3.63) is 95.1 Å². The fraction of sp³-hybridized carbons (Fsp3) is 0.290. The Morgan fingerprint density at radius 1 is 0.947 bits per heavy atom. The minimum absolute atomic E-state index is 0.0296. The van der Waals surface area contributed by atoms with Gasteiger partial charge in [-0.15, -0.1) is 0 Å². The molecular weight excluding hydrogens is 482 g/mol. The average molecular weight is 516 g/mol. The number of unbranched alkanes of at least 4 members (excludes halogenated alkanes) is 1. The molecule has 3 aromatic rings. The van der Waals surface area contributed by atoms with Gasteiger partial charge in [-0.05, 0) is 66.9 Å². The summed E-state index contributed by atoms with van der Waals surface area (Å²) in [7, 11) is 1.53. The van der Waals surface area contributed by atoms with Crippen molar-refractivity contribution in [3.8, 4) is 17.2 Å². The summed E-state index contributed by atoms with van der Waals surface area (Å²) in [5.41, 5.74) is 1.94. The maximum absolute atomic E-state index is 13.3. The molecule has 1 heterocycles. The van der Waals surface area contributed by atoms with Crippen molar-refractivity contribution >= 4 is 17.4 Å². The van der Waals surface area contributed by atoms with Crippen LogP contribution in [-0.4, -0.2) is 48.6 Å². The predicted octanol–water partition coefficient (Wildman–Crippen LogP) is 6.03. The highest BCUT2D eigenvalue weighted by Crippen LogP contribution is 2.41. The van der Waals surface area contributed by atoms with Crippen LogP contribution >= 0.6 is 0 Å². The first-order valence-corrected chi connectivity index (χ1v) is 12.8. The first-order chi connectivity index (χ1) is 18.4. The number of ether oxygens (including phenoxy) is 3. The molecule has 0 bridgehead atoms. The lowest BCUT2D eigenvalue weighted by Crippen LogP contribution is -2.32. The summed E-state index contributed by atoms with van der Waals surface area (Å²) >= 11 is 0. The summed E-state index contributed by atoms with van der Waals surface area (Å²) in [5, 5.41) is 11.4. The summed E-state index contributed by atoms with van der Waals surface area (Å²) < 4.78 is 17.0. The van der Waals surface area contributed by atoms with Crippen LogP contribution in [0.1, 0.15) is 42.5 Å². The Morgan fingerprint density at radius 3 is 2.42 bits per heavy atom. The van der Waals surface area contributed by atoms with Crippen molar-refractivity contribution in [2.45, 2.75) is 32.7 Å². The standard InChI is InChI=1S/C31H33NO6/c1-4-5-17-37-26-15-14-23(19-21(26)2)29(33)27-28(32(16-18-36-3)31(35)30(27)34)22-10-9-13-25(20-22)38-24-11-7-6-8-12-24/h6-15,19-20,28,33H,4-5,16-18H2,1-3H3/b29-27+/t28-/m1/s1. The zero-order chi connectivity index (χ0) is 27.1. The van der Waals surface area contributed by atoms with Gasteiger partial charge in [-0.1, -0.05) is 43.7 Å². The lowest BCUT2D eigenvalue weighted by Gasteiger charge is -2.25. The maximum atomic E-state index is 13.3. The Hall–Kier alpha value is -4.10. The third kappa shape index (κ3) is 5.89. The number of aliphatic hydroxyl groups is 1. The molecule has 198 valence electrons. The Balaban J connectivity index is 1.74. The number of benzene rings is 3. The number of rotatable bonds is 11. The first kappa shape index (κ1) is 26.9. The predicted molar refractivity (Wildman–Crippen MR) is 145 cm³/mol. The second kappa shape index (κ2) is 12.4. The van der Waals surface area contributed by atoms with Gasteiger partial charge in [-0.25, -0.2) is 0 Å². The number of ketones is 1. The van der Waals surface area contributed by atoms with Crippen LogP contribution in [0.25, 0.3) is 5.76 Å². The molecule has 1 fully saturated rings. The number of carbonyl (C=O) groups excluding carboxylic acids is 2. The topological polar surface area (TPSA) is 85.3 Å². The van der Waals surface area contributed by atoms with Gasteiger partial charge in [0.05, 0.1) is 24.8 Å². The second-order valence-corrected chi connectivity index (χ2v) is 9.16. The Morgan fingerprint density at radius 2 is 1.71 bits per heavy atom. The number of likely N-dealkylation sites (tertiary alicyclic amines) is 1. The molecule has 1 saturated heterocycles. The highest BCUT2D eigenvalue weighted by molar-refractivity contribution is 6.46. The van der Waals surface area contributed by atoms with E-state index >= 15 is 0 Å². The molecular formula is C31H33NO6. The molecule has 4 rings (SSSR count). The molecule has 1 aliphatic rings. The van der Waals surface area contributed by atoms with Crippen LogP contribution in [0.5, 0.6) is 17.2 Å². The Kier molecular flexibility index (Phi) is 8.81. The maximum Gasteiger partial charge on any atom is 0.295 e. The van der Waals surface area contributed by atoms with Gasteiger partial charge >= 0.3 is 0 Å². The third-order valence-corrected chi connectivity index (χ3v) is 6.43. The van der Waals surface area contributed by atoms with E-state index in [0.717, 1.165) is 24.2 Å². The van der Waals surface area contributed by atoms with Gasteiger partial charge in [0, 0.05) is 19.2 Å². The van der Waals surface area contributed by atoms with Crippen LogP contribution in [0.2, 0.25) is 0 Å². The van der Waals surface area contributed by atoms with E-state index in [2.05, 4.69) is 6.92 Å². The van der Waals surface area contributed by atoms with E-state index in [1.54, 1.807) is 36.4 Å². The van der Waals surface area contributed by atoms with E-state index < -0.39 is 17.7 Å². The van der Waals surface area contributed by atoms with Crippen LogP contribution in [0, 0.1) is 6.92 Å². The number of carbonyl (C=O) groups is 2. The molecule has 0 unspecified atom stereocenters. The van der Waals surface area contributed by atoms with E-state index in [0.29, 0.717) is 29.2 Å². The molecule has 7 heteroatoms. The van der Waals surface area contributed by atoms with E-state index in [9.17, 15) is 14.7 Å². The Bertz CT molecular complexity index is 1320. The molecule has 1 atom stereocenters. The summed E-state index contributed by atoms with van der Waals surface area (Å²) in [4.78, 5) is 27.8. The second-order valence-electron chi connectivity index (χ2n) is 9.16. The number of hydrogen-bond acceptors (Lipinski definition) is 6. The van der Waals surface area contributed by atoms with Crippen LogP contribution in [0.3, 0.4) is 0 Å². The summed E-state index contributed by atoms with van der Waals surface area (Å²) in [6.07, 6.45) is 1.97. The lowest BCUT2D eigenvalue weighted by molar-refractivity contribution is -0.140. The highest BCUT2D eigenvalue weighted by Gasteiger charge is 2.46. The molecule has 0 aromatic heterocycles. The van der Waals surface area contributed by atoms with Crippen molar-refractivity contribution in [1.82, 2.24) is 4.90 Å². The van der Waals surface area contributed by atoms with Gasteiger partial charge in [0.2, 0.25) is 0 Å². The number of amides is 1. The van der Waals surface area contributed by atoms with E-state index in [1.807, 2.05) is 43.3 Å². The summed E-state index contributed by atoms with van der Waals surface area (Å²) in [6, 6.07) is 21.0. The monoisotopic (exact) mass is 515 g/mol. The minimum Gasteiger partial charge on any atom is -0.507 e. The number of hydrogen-bond donors (Lipinski definition) is 1. The van der Waals surface area contributed by atoms with Crippen molar-refractivity contribution in [2.24, 2.45) is 0 Å². The molecule has 7 nitrogen and oxygen atoms in total. The lowest BCUT2D eigenvalue weighted by atomic mass is 9.94. The number of aliphatic hydroxyl groups excluding tert-OH is 1. The molecule has 0 spiro atoms. The van der Waals surface area contributed by atoms with Gasteiger partial charge in [-0.2, -0.15) is 0 Å². The largest absolute Gasteiger partial charge is 0.507 e. The van der Waals surface area contributed by atoms with E-state index in [-0.39, 0.29) is 24.5 Å². The number of nitrogens with zero attached hydrogens (tertiary/aromatic N) is 1. The average Bonchev–Trinajstić information content (AvgIpc) is 3.18. The van der Waals surface area contributed by atoms with Gasteiger partial charge in [-0.3, -0.25) is 9.59 Å². The number of aryl methyl sites for hydroxylation is 1. The van der Waals surface area contributed by atoms with Gasteiger partial charge < -0.3 is 24.2 Å². The fourth-order valence-corrected chi connectivity index (χ4v) is 4.46. The molecule has 38 heavy (non-hydrogen) atoms. The quantitative estimate of drug-likeness (QED) is 0.145. The third-order valence-electron chi connectivity index (χ3n) is 6.43. The van der Waals surface area contributed by atoms with Crippen LogP contribution in [0.4, 0.5) is 0 Å². The molecule has 0 radical (unpaired) electrons. The van der Waals surface area contributed by atoms with Crippen molar-refractivity contribution in [3.63, 3.8) is 0 Å². The van der Waals surface area contributed by atoms with Crippen molar-refractivity contribution in [2.75, 3.05) is 26.9 Å². The summed E-state index contributed by atoms with van der Waals surface area (Å²) in [6.45, 7) is 5.02. The van der Waals surface area contributed by atoms with Crippen LogP contribution in [0.15, 0.2) is 78.4 Å². The number of methoxy groups -OCH3 is 1. The zero-order valence-corrected chi connectivity index (χ0v) is 22.0. The summed E-state index contributed by atoms with van der Waals surface area (Å²) in [5.74, 6) is 0.284. The minimum atomic E-state index is -0.801. The van der Waals surface area contributed by atoms with Crippen LogP contribution in [-0.2, 0) is 14.3 Å². The molecule has 1 N–H and O–H groups in total. The number of Topliss-reactive ketones (excluding diaryl/α,β-unsaturated/α-hetero) is 1. The SMILES string of the molecule is CCCCOc1ccc(/C(O)=C2\C(=O)C(=O)N(CCOC)[C@@H]2c2cccc(Oc3ccccc3)c2)cc1C. The Labute approximate surface area is 223 Å². The molecule has 3 aromatic carbocycles. The van der Waals surface area contributed by atoms with Gasteiger partial charge in [0.25, 0.3) is 11.7 Å². The first-order valence-electron chi connectivity index (χ1n) is 12.8. The van der Waals surface area contributed by atoms with Crippen molar-refractivity contribution in [1.29, 1.82) is 0 Å². The highest BCUT2D eigenvalue weighted by atomic mass is 16.5. The molecule has 1 aliphatic heterocycles. The smallest absolute Gasteiger partial charge is 0.295 e. The normalized spacial score (nSPS) is 16.6. The molecule has 0 aliphatic carbocycles. The molecule has 0 saturated carbocycles. The van der Waals surface area contributed by atoms with E-state index in [4.69, 9.17) is 14.2 Å². The fourth-order valence-electron chi connectivity index (χ4n) is 4.46. The zero-order valence-electron chi connectivity index (χ0n) is 22.0. The van der Waals surface area contributed by atoms with Crippen molar-refractivity contribution < 1.29 is 28.9 Å². The van der Waals surface area contributed by atoms with Gasteiger partial charge in [0.15, 0.2) is 0 Å². The van der Waals surface area contributed by atoms with Crippen LogP contribution < -0.4 is 9.47 Å².